The summed E-state index contributed by atoms with van der Waals surface area (Å²) in [7, 11) is 0. The predicted octanol–water partition coefficient (Wildman–Crippen LogP) is 24.4. The van der Waals surface area contributed by atoms with Gasteiger partial charge >= 0.3 is 0 Å². The number of benzene rings is 15. The second kappa shape index (κ2) is 21.5. The summed E-state index contributed by atoms with van der Waals surface area (Å²) in [6, 6.07) is 118. The molecule has 96 heavy (non-hydrogen) atoms. The first-order valence-electron chi connectivity index (χ1n) is 33.2. The molecule has 1 atom stereocenters. The number of oxazole rings is 1. The number of hydrogen-bond donors (Lipinski definition) is 0. The van der Waals surface area contributed by atoms with Gasteiger partial charge in [0.2, 0.25) is 5.89 Å². The van der Waals surface area contributed by atoms with Gasteiger partial charge in [-0.2, -0.15) is 0 Å². The van der Waals surface area contributed by atoms with E-state index in [4.69, 9.17) is 14.4 Å². The third-order valence-corrected chi connectivity index (χ3v) is 20.6. The highest BCUT2D eigenvalue weighted by Gasteiger charge is 2.32. The summed E-state index contributed by atoms with van der Waals surface area (Å²) in [4.78, 5) is 10.4. The van der Waals surface area contributed by atoms with E-state index in [0.29, 0.717) is 11.8 Å². The zero-order valence-corrected chi connectivity index (χ0v) is 52.2. The average molecular weight is 1220 g/mol. The Balaban J connectivity index is 0.607. The van der Waals surface area contributed by atoms with Crippen LogP contribution in [-0.2, 0) is 6.42 Å². The summed E-state index contributed by atoms with van der Waals surface area (Å²) in [5, 5.41) is 8.39. The van der Waals surface area contributed by atoms with Gasteiger partial charge in [-0.1, -0.05) is 279 Å². The molecular weight excluding hydrogens is 1160 g/mol. The standard InChI is InChI=1S/C92H57N3O/c1-2-16-60(17-3-1)89-78-26-10-9-25-77(78)88(79-49-46-66(52-83(79)89)63-19-14-20-64(50-63)67-45-48-76-75-24-8-11-27-80(75)91-93-84-29-12-13-30-85(84)95(91)86(76)55-67)61-40-38-59(39-41-61)72-28-15-31-87-90(72)94-92(96-87)62-42-36-57(37-43-62)56-32-34-58(35-33-56)65-44-47-71-69(51-65)54-81-70-21-5-4-18-68(70)53-82(81)74-23-7-6-22-73(71)74/h1-53,55,81H,54H2. The topological polar surface area (TPSA) is 43.3 Å². The van der Waals surface area contributed by atoms with Crippen molar-refractivity contribution < 1.29 is 4.42 Å². The van der Waals surface area contributed by atoms with Crippen molar-refractivity contribution in [3.05, 3.63) is 344 Å². The van der Waals surface area contributed by atoms with Crippen molar-refractivity contribution in [2.45, 2.75) is 12.3 Å². The Bertz CT molecular complexity index is 6270. The van der Waals surface area contributed by atoms with Crippen LogP contribution in [0.3, 0.4) is 0 Å². The fourth-order valence-corrected chi connectivity index (χ4v) is 16.0. The second-order valence-electron chi connectivity index (χ2n) is 25.8. The SMILES string of the molecule is C1=C2c3ccccc3-c3ccc(-c4ccc(-c5ccc(-c6nc7c(-c8ccc(-c9c%10ccccc%10c(-c%10ccccc%10)c%10cc(-c%11cccc(-c%12ccc%13c%14ccccc%14c%14nc%15ccccc%15n%14c%13c%12)c%11)ccc9%10)cc8)cccc7o6)cc5)cc4)cc3CC2c2ccccc21. The molecule has 446 valence electrons. The van der Waals surface area contributed by atoms with E-state index >= 15 is 0 Å². The molecule has 3 aromatic heterocycles. The molecule has 1 unspecified atom stereocenters. The fourth-order valence-electron chi connectivity index (χ4n) is 16.0. The highest BCUT2D eigenvalue weighted by atomic mass is 16.3. The maximum Gasteiger partial charge on any atom is 0.227 e. The minimum atomic E-state index is 0.344. The van der Waals surface area contributed by atoms with Crippen LogP contribution in [0.25, 0.3) is 183 Å². The lowest BCUT2D eigenvalue weighted by molar-refractivity contribution is 0.620. The zero-order chi connectivity index (χ0) is 63.0. The second-order valence-corrected chi connectivity index (χ2v) is 25.8. The fraction of sp³-hybridized carbons (Fsp3) is 0.0217. The number of allylic oxidation sites excluding steroid dienone is 1. The number of fused-ring (bicyclic) bond motifs is 18. The lowest BCUT2D eigenvalue weighted by Crippen LogP contribution is -2.01. The molecular formula is C92H57N3O. The van der Waals surface area contributed by atoms with Gasteiger partial charge in [0, 0.05) is 27.8 Å². The summed E-state index contributed by atoms with van der Waals surface area (Å²) >= 11 is 0. The van der Waals surface area contributed by atoms with Crippen LogP contribution in [0, 0.1) is 0 Å². The number of para-hydroxylation sites is 3. The van der Waals surface area contributed by atoms with Crippen LogP contribution in [0.2, 0.25) is 0 Å². The number of nitrogens with zero attached hydrogens (tertiary/aromatic N) is 3. The van der Waals surface area contributed by atoms with Crippen molar-refractivity contribution in [2.24, 2.45) is 0 Å². The molecule has 2 aliphatic rings. The van der Waals surface area contributed by atoms with E-state index in [9.17, 15) is 0 Å². The van der Waals surface area contributed by atoms with Crippen LogP contribution >= 0.6 is 0 Å². The predicted molar refractivity (Wildman–Crippen MR) is 400 cm³/mol. The highest BCUT2D eigenvalue weighted by molar-refractivity contribution is 6.22. The largest absolute Gasteiger partial charge is 0.436 e. The molecule has 0 amide bonds. The van der Waals surface area contributed by atoms with Crippen molar-refractivity contribution in [2.75, 3.05) is 0 Å². The number of pyridine rings is 1. The Morgan fingerprint density at radius 2 is 0.844 bits per heavy atom. The molecule has 0 fully saturated rings. The maximum absolute atomic E-state index is 6.58. The summed E-state index contributed by atoms with van der Waals surface area (Å²) in [5.41, 5.74) is 32.6. The first kappa shape index (κ1) is 54.1. The molecule has 20 rings (SSSR count). The molecule has 18 aromatic rings. The van der Waals surface area contributed by atoms with Crippen molar-refractivity contribution in [3.63, 3.8) is 0 Å². The summed E-state index contributed by atoms with van der Waals surface area (Å²) in [5.74, 6) is 0.942. The summed E-state index contributed by atoms with van der Waals surface area (Å²) in [6.45, 7) is 0. The van der Waals surface area contributed by atoms with Gasteiger partial charge in [-0.3, -0.25) is 4.40 Å². The zero-order valence-electron chi connectivity index (χ0n) is 52.2. The molecule has 3 heterocycles. The Morgan fingerprint density at radius 3 is 1.64 bits per heavy atom. The number of rotatable bonds is 8. The van der Waals surface area contributed by atoms with Gasteiger partial charge in [-0.15, -0.1) is 0 Å². The first-order valence-corrected chi connectivity index (χ1v) is 33.2. The van der Waals surface area contributed by atoms with Gasteiger partial charge in [0.05, 0.1) is 16.6 Å². The van der Waals surface area contributed by atoms with Crippen molar-refractivity contribution in [1.29, 1.82) is 0 Å². The number of aromatic nitrogens is 3. The quantitative estimate of drug-likeness (QED) is 0.112. The highest BCUT2D eigenvalue weighted by Crippen LogP contribution is 2.51. The summed E-state index contributed by atoms with van der Waals surface area (Å²) < 4.78 is 8.92. The molecule has 0 spiro atoms. The molecule has 0 bridgehead atoms. The third-order valence-electron chi connectivity index (χ3n) is 20.6. The van der Waals surface area contributed by atoms with Crippen LogP contribution in [0.1, 0.15) is 28.2 Å². The van der Waals surface area contributed by atoms with Gasteiger partial charge in [0.25, 0.3) is 0 Å². The first-order chi connectivity index (χ1) is 47.6. The lowest BCUT2D eigenvalue weighted by atomic mass is 9.84. The Labute approximate surface area is 554 Å². The van der Waals surface area contributed by atoms with Crippen LogP contribution in [-0.4, -0.2) is 14.4 Å². The van der Waals surface area contributed by atoms with Gasteiger partial charge < -0.3 is 4.42 Å². The van der Waals surface area contributed by atoms with E-state index in [1.807, 2.05) is 6.07 Å². The van der Waals surface area contributed by atoms with E-state index in [0.717, 1.165) is 101 Å². The van der Waals surface area contributed by atoms with Crippen molar-refractivity contribution in [1.82, 2.24) is 14.4 Å². The van der Waals surface area contributed by atoms with Gasteiger partial charge in [-0.25, -0.2) is 9.97 Å². The van der Waals surface area contributed by atoms with Crippen molar-refractivity contribution in [3.8, 4) is 100 Å². The molecule has 0 saturated carbocycles. The lowest BCUT2D eigenvalue weighted by Gasteiger charge is -2.19. The van der Waals surface area contributed by atoms with Crippen LogP contribution in [0.15, 0.2) is 326 Å². The minimum Gasteiger partial charge on any atom is -0.436 e. The Morgan fingerprint density at radius 1 is 0.312 bits per heavy atom. The van der Waals surface area contributed by atoms with E-state index in [1.54, 1.807) is 0 Å². The number of hydrogen-bond acceptors (Lipinski definition) is 3. The van der Waals surface area contributed by atoms with E-state index in [-0.39, 0.29) is 0 Å². The van der Waals surface area contributed by atoms with Gasteiger partial charge in [0.1, 0.15) is 11.2 Å². The van der Waals surface area contributed by atoms with Crippen molar-refractivity contribution >= 4 is 82.6 Å². The smallest absolute Gasteiger partial charge is 0.227 e. The normalized spacial score (nSPS) is 13.3. The van der Waals surface area contributed by atoms with Crippen LogP contribution in [0.5, 0.6) is 0 Å². The molecule has 0 radical (unpaired) electrons. The van der Waals surface area contributed by atoms with Crippen LogP contribution in [0.4, 0.5) is 0 Å². The van der Waals surface area contributed by atoms with Crippen LogP contribution < -0.4 is 0 Å². The average Bonchev–Trinajstić information content (AvgIpc) is 1.37. The monoisotopic (exact) mass is 1220 g/mol. The number of imidazole rings is 1. The molecule has 0 N–H and O–H groups in total. The van der Waals surface area contributed by atoms with E-state index < -0.39 is 0 Å². The molecule has 15 aromatic carbocycles. The van der Waals surface area contributed by atoms with Gasteiger partial charge in [0.15, 0.2) is 5.58 Å². The molecule has 2 aliphatic carbocycles. The molecule has 0 aliphatic heterocycles. The summed E-state index contributed by atoms with van der Waals surface area (Å²) in [6.07, 6.45) is 3.39. The van der Waals surface area contributed by atoms with E-state index in [1.165, 1.54) is 99.1 Å². The molecule has 4 heteroatoms. The van der Waals surface area contributed by atoms with E-state index in [2.05, 4.69) is 326 Å². The Kier molecular flexibility index (Phi) is 12.1. The Hall–Kier alpha value is -12.5. The van der Waals surface area contributed by atoms with Gasteiger partial charge in [-0.05, 0) is 193 Å². The third kappa shape index (κ3) is 8.62. The minimum absolute atomic E-state index is 0.344. The molecule has 0 saturated heterocycles. The maximum atomic E-state index is 6.58. The molecule has 4 nitrogen and oxygen atoms in total.